The molecule has 2 atom stereocenters. The van der Waals surface area contributed by atoms with Crippen molar-refractivity contribution in [3.63, 3.8) is 0 Å². The first kappa shape index (κ1) is 18.8. The smallest absolute Gasteiger partial charge is 0.380 e. The van der Waals surface area contributed by atoms with E-state index < -0.39 is 33.9 Å². The Kier molecular flexibility index (Phi) is 5.56. The Bertz CT molecular complexity index is 560. The van der Waals surface area contributed by atoms with Crippen LogP contribution in [0.4, 0.5) is 13.2 Å². The molecule has 0 aromatic heterocycles. The van der Waals surface area contributed by atoms with Crippen molar-refractivity contribution in [3.05, 3.63) is 35.9 Å². The van der Waals surface area contributed by atoms with Crippen LogP contribution in [0.2, 0.25) is 0 Å². The van der Waals surface area contributed by atoms with E-state index in [1.165, 1.54) is 0 Å². The van der Waals surface area contributed by atoms with Gasteiger partial charge >= 0.3 is 6.18 Å². The van der Waals surface area contributed by atoms with Gasteiger partial charge in [-0.1, -0.05) is 30.3 Å². The van der Waals surface area contributed by atoms with Crippen LogP contribution in [0, 0.1) is 0 Å². The van der Waals surface area contributed by atoms with Crippen molar-refractivity contribution in [2.45, 2.75) is 50.6 Å². The van der Waals surface area contributed by atoms with E-state index in [1.807, 2.05) is 0 Å². The van der Waals surface area contributed by atoms with E-state index >= 15 is 0 Å². The molecule has 7 heteroatoms. The lowest BCUT2D eigenvalue weighted by molar-refractivity contribution is -0.249. The molecular formula is C15H20F3NO2S. The molecule has 0 aliphatic heterocycles. The molecule has 0 aliphatic rings. The zero-order chi connectivity index (χ0) is 17.2. The van der Waals surface area contributed by atoms with E-state index in [2.05, 4.69) is 4.40 Å². The molecule has 1 N–H and O–H groups in total. The van der Waals surface area contributed by atoms with Crippen molar-refractivity contribution >= 4 is 16.7 Å². The summed E-state index contributed by atoms with van der Waals surface area (Å²) in [5, 5.41) is 9.69. The van der Waals surface area contributed by atoms with Gasteiger partial charge in [-0.2, -0.15) is 17.6 Å². The van der Waals surface area contributed by atoms with Gasteiger partial charge in [0, 0.05) is 6.42 Å². The fourth-order valence-electron chi connectivity index (χ4n) is 1.48. The fraction of sp³-hybridized carbons (Fsp3) is 0.533. The lowest BCUT2D eigenvalue weighted by Crippen LogP contribution is -2.44. The zero-order valence-electron chi connectivity index (χ0n) is 12.9. The number of halogens is 3. The summed E-state index contributed by atoms with van der Waals surface area (Å²) in [5.74, 6) is 0. The monoisotopic (exact) mass is 335 g/mol. The van der Waals surface area contributed by atoms with E-state index in [9.17, 15) is 22.5 Å². The van der Waals surface area contributed by atoms with Crippen LogP contribution in [0.1, 0.15) is 39.7 Å². The van der Waals surface area contributed by atoms with Gasteiger partial charge in [0.2, 0.25) is 0 Å². The van der Waals surface area contributed by atoms with Gasteiger partial charge in [0.25, 0.3) is 0 Å². The molecule has 0 unspecified atom stereocenters. The quantitative estimate of drug-likeness (QED) is 0.854. The Morgan fingerprint density at radius 3 is 2.05 bits per heavy atom. The lowest BCUT2D eigenvalue weighted by Gasteiger charge is -2.27. The van der Waals surface area contributed by atoms with Gasteiger partial charge in [-0.25, -0.2) is 4.21 Å². The van der Waals surface area contributed by atoms with Crippen molar-refractivity contribution in [2.24, 2.45) is 4.40 Å². The first-order valence-corrected chi connectivity index (χ1v) is 7.79. The summed E-state index contributed by atoms with van der Waals surface area (Å²) in [7, 11) is -1.72. The topological polar surface area (TPSA) is 49.7 Å². The molecule has 1 aromatic rings. The number of benzene rings is 1. The van der Waals surface area contributed by atoms with E-state index in [0.717, 1.165) is 0 Å². The predicted molar refractivity (Wildman–Crippen MR) is 82.2 cm³/mol. The van der Waals surface area contributed by atoms with Gasteiger partial charge in [-0.05, 0) is 33.3 Å². The Morgan fingerprint density at radius 1 is 1.14 bits per heavy atom. The Labute approximate surface area is 130 Å². The first-order chi connectivity index (χ1) is 9.84. The molecule has 0 radical (unpaired) electrons. The highest BCUT2D eigenvalue weighted by atomic mass is 32.2. The second-order valence-corrected chi connectivity index (χ2v) is 8.12. The zero-order valence-corrected chi connectivity index (χ0v) is 13.8. The van der Waals surface area contributed by atoms with E-state index in [1.54, 1.807) is 51.1 Å². The maximum atomic E-state index is 12.9. The van der Waals surface area contributed by atoms with Crippen molar-refractivity contribution in [1.82, 2.24) is 0 Å². The molecular weight excluding hydrogens is 315 g/mol. The van der Waals surface area contributed by atoms with E-state index in [0.29, 0.717) is 12.5 Å². The number of rotatable bonds is 4. The summed E-state index contributed by atoms with van der Waals surface area (Å²) in [6.07, 6.45) is -5.56. The van der Waals surface area contributed by atoms with Gasteiger partial charge in [0.05, 0.1) is 10.5 Å². The molecule has 0 saturated carbocycles. The van der Waals surface area contributed by atoms with Crippen LogP contribution < -0.4 is 0 Å². The highest BCUT2D eigenvalue weighted by Gasteiger charge is 2.50. The minimum atomic E-state index is -4.80. The summed E-state index contributed by atoms with van der Waals surface area (Å²) in [5.41, 5.74) is -2.56. The standard InChI is InChI=1S/C15H20F3NO2S/c1-13(2,3)22(21)19-12(11-8-6-5-7-9-11)10-14(4,20)15(16,17)18/h5-9,20H,10H2,1-4H3/b19-12-/t14-,22-/m1/s1. The third-order valence-corrected chi connectivity index (χ3v) is 4.38. The van der Waals surface area contributed by atoms with Crippen LogP contribution in [-0.2, 0) is 11.0 Å². The molecule has 3 nitrogen and oxygen atoms in total. The van der Waals surface area contributed by atoms with Crippen molar-refractivity contribution < 1.29 is 22.5 Å². The van der Waals surface area contributed by atoms with E-state index in [4.69, 9.17) is 0 Å². The molecule has 0 heterocycles. The maximum absolute atomic E-state index is 12.9. The van der Waals surface area contributed by atoms with Gasteiger partial charge in [-0.3, -0.25) is 0 Å². The fourth-order valence-corrected chi connectivity index (χ4v) is 2.12. The Morgan fingerprint density at radius 2 is 1.64 bits per heavy atom. The molecule has 0 amide bonds. The molecule has 124 valence electrons. The third-order valence-electron chi connectivity index (χ3n) is 2.95. The maximum Gasteiger partial charge on any atom is 0.417 e. The Balaban J connectivity index is 3.26. The van der Waals surface area contributed by atoms with Gasteiger partial charge < -0.3 is 5.11 Å². The van der Waals surface area contributed by atoms with Crippen molar-refractivity contribution in [1.29, 1.82) is 0 Å². The lowest BCUT2D eigenvalue weighted by atomic mass is 9.94. The molecule has 0 bridgehead atoms. The normalized spacial score (nSPS) is 17.9. The SMILES string of the molecule is CC(C)(C)[S@@](=O)/N=C(/C[C@@](C)(O)C(F)(F)F)c1ccccc1. The number of hydrogen-bond acceptors (Lipinski definition) is 2. The van der Waals surface area contributed by atoms with Crippen LogP contribution in [0.25, 0.3) is 0 Å². The molecule has 1 rings (SSSR count). The first-order valence-electron chi connectivity index (χ1n) is 6.69. The van der Waals surface area contributed by atoms with Crippen LogP contribution >= 0.6 is 0 Å². The average molecular weight is 335 g/mol. The largest absolute Gasteiger partial charge is 0.417 e. The summed E-state index contributed by atoms with van der Waals surface area (Å²) < 4.78 is 54.1. The van der Waals surface area contributed by atoms with Gasteiger partial charge in [0.15, 0.2) is 5.60 Å². The summed E-state index contributed by atoms with van der Waals surface area (Å²) >= 11 is 0. The molecule has 0 spiro atoms. The highest BCUT2D eigenvalue weighted by molar-refractivity contribution is 7.85. The van der Waals surface area contributed by atoms with Crippen LogP contribution in [0.3, 0.4) is 0 Å². The molecule has 1 aromatic carbocycles. The van der Waals surface area contributed by atoms with E-state index in [-0.39, 0.29) is 5.71 Å². The predicted octanol–water partition coefficient (Wildman–Crippen LogP) is 3.64. The minimum absolute atomic E-state index is 0.0313. The number of aliphatic hydroxyl groups is 1. The minimum Gasteiger partial charge on any atom is -0.380 e. The Hall–Kier alpha value is -1.21. The molecule has 0 saturated heterocycles. The van der Waals surface area contributed by atoms with Crippen molar-refractivity contribution in [3.8, 4) is 0 Å². The van der Waals surface area contributed by atoms with Gasteiger partial charge in [-0.15, -0.1) is 0 Å². The summed E-state index contributed by atoms with van der Waals surface area (Å²) in [4.78, 5) is 0. The second kappa shape index (κ2) is 6.50. The van der Waals surface area contributed by atoms with Crippen LogP contribution in [0.5, 0.6) is 0 Å². The van der Waals surface area contributed by atoms with Crippen molar-refractivity contribution in [2.75, 3.05) is 0 Å². The van der Waals surface area contributed by atoms with Crippen LogP contribution in [-0.4, -0.2) is 31.6 Å². The highest BCUT2D eigenvalue weighted by Crippen LogP contribution is 2.34. The molecule has 0 aliphatic carbocycles. The van der Waals surface area contributed by atoms with Gasteiger partial charge in [0.1, 0.15) is 11.0 Å². The molecule has 0 fully saturated rings. The average Bonchev–Trinajstić information content (AvgIpc) is 2.36. The number of nitrogens with zero attached hydrogens (tertiary/aromatic N) is 1. The second-order valence-electron chi connectivity index (χ2n) is 6.21. The number of alkyl halides is 3. The summed E-state index contributed by atoms with van der Waals surface area (Å²) in [6, 6.07) is 8.15. The number of hydrogen-bond donors (Lipinski definition) is 1. The summed E-state index contributed by atoms with van der Waals surface area (Å²) in [6.45, 7) is 5.72. The molecule has 22 heavy (non-hydrogen) atoms. The third kappa shape index (κ3) is 4.91. The van der Waals surface area contributed by atoms with Crippen LogP contribution in [0.15, 0.2) is 34.7 Å².